The van der Waals surface area contributed by atoms with Crippen LogP contribution in [0.5, 0.6) is 11.5 Å². The molecule has 0 saturated carbocycles. The molecule has 0 radical (unpaired) electrons. The molecule has 27 heavy (non-hydrogen) atoms. The Kier molecular flexibility index (Phi) is 9.90. The molecular formula is C18H29IN6O2. The van der Waals surface area contributed by atoms with Gasteiger partial charge in [-0.25, -0.2) is 4.98 Å². The van der Waals surface area contributed by atoms with Crippen LogP contribution in [0.2, 0.25) is 0 Å². The van der Waals surface area contributed by atoms with Crippen molar-refractivity contribution in [3.05, 3.63) is 35.9 Å². The number of rotatable bonds is 8. The zero-order valence-corrected chi connectivity index (χ0v) is 18.9. The molecule has 150 valence electrons. The number of aromatic nitrogens is 3. The Morgan fingerprint density at radius 2 is 1.93 bits per heavy atom. The monoisotopic (exact) mass is 488 g/mol. The second kappa shape index (κ2) is 11.6. The minimum absolute atomic E-state index is 0. The highest BCUT2D eigenvalue weighted by Gasteiger charge is 2.13. The molecule has 0 bridgehead atoms. The number of hydrogen-bond donors (Lipinski definition) is 2. The van der Waals surface area contributed by atoms with Crippen molar-refractivity contribution in [3.63, 3.8) is 0 Å². The van der Waals surface area contributed by atoms with Crippen LogP contribution in [0.3, 0.4) is 0 Å². The standard InChI is InChI=1S/C18H28N6O2.HI/c1-6-25-15-9-8-14(10-16(15)26-7-2)13(3)23-18(19-4)20-11-17-21-12-22-24(17)5;/h8-10,12-13H,6-7,11H2,1-5H3,(H2,19,20,23);1H. The van der Waals surface area contributed by atoms with E-state index in [0.717, 1.165) is 22.9 Å². The van der Waals surface area contributed by atoms with Crippen LogP contribution in [0.15, 0.2) is 29.5 Å². The van der Waals surface area contributed by atoms with Gasteiger partial charge < -0.3 is 20.1 Å². The summed E-state index contributed by atoms with van der Waals surface area (Å²) in [7, 11) is 3.60. The van der Waals surface area contributed by atoms with Crippen LogP contribution in [0.1, 0.15) is 38.2 Å². The summed E-state index contributed by atoms with van der Waals surface area (Å²) >= 11 is 0. The molecule has 0 fully saturated rings. The lowest BCUT2D eigenvalue weighted by Gasteiger charge is -2.20. The predicted molar refractivity (Wildman–Crippen MR) is 117 cm³/mol. The first kappa shape index (κ1) is 23.0. The molecule has 1 heterocycles. The molecule has 0 spiro atoms. The first-order valence-electron chi connectivity index (χ1n) is 8.78. The molecule has 2 N–H and O–H groups in total. The van der Waals surface area contributed by atoms with E-state index in [1.54, 1.807) is 11.7 Å². The smallest absolute Gasteiger partial charge is 0.191 e. The average Bonchev–Trinajstić information content (AvgIpc) is 3.05. The van der Waals surface area contributed by atoms with Crippen molar-refractivity contribution < 1.29 is 9.47 Å². The van der Waals surface area contributed by atoms with E-state index in [9.17, 15) is 0 Å². The number of halogens is 1. The maximum absolute atomic E-state index is 5.70. The zero-order chi connectivity index (χ0) is 18.9. The first-order valence-corrected chi connectivity index (χ1v) is 8.78. The van der Waals surface area contributed by atoms with E-state index < -0.39 is 0 Å². The van der Waals surface area contributed by atoms with Gasteiger partial charge in [0.1, 0.15) is 12.2 Å². The predicted octanol–water partition coefficient (Wildman–Crippen LogP) is 2.66. The quantitative estimate of drug-likeness (QED) is 0.338. The summed E-state index contributed by atoms with van der Waals surface area (Å²) in [5.74, 6) is 3.03. The normalized spacial score (nSPS) is 12.1. The van der Waals surface area contributed by atoms with Crippen LogP contribution in [0.25, 0.3) is 0 Å². The van der Waals surface area contributed by atoms with Gasteiger partial charge in [-0.1, -0.05) is 6.07 Å². The van der Waals surface area contributed by atoms with Crippen molar-refractivity contribution in [1.82, 2.24) is 25.4 Å². The van der Waals surface area contributed by atoms with Crippen LogP contribution in [-0.2, 0) is 13.6 Å². The summed E-state index contributed by atoms with van der Waals surface area (Å²) in [6.45, 7) is 7.72. The number of guanidine groups is 1. The Morgan fingerprint density at radius 3 is 2.52 bits per heavy atom. The number of ether oxygens (including phenoxy) is 2. The summed E-state index contributed by atoms with van der Waals surface area (Å²) in [5, 5.41) is 10.7. The van der Waals surface area contributed by atoms with E-state index >= 15 is 0 Å². The van der Waals surface area contributed by atoms with Gasteiger partial charge in [-0.15, -0.1) is 24.0 Å². The van der Waals surface area contributed by atoms with Gasteiger partial charge in [-0.3, -0.25) is 9.67 Å². The van der Waals surface area contributed by atoms with Gasteiger partial charge >= 0.3 is 0 Å². The van der Waals surface area contributed by atoms with Crippen LogP contribution >= 0.6 is 24.0 Å². The third-order valence-electron chi connectivity index (χ3n) is 3.86. The number of aryl methyl sites for hydroxylation is 1. The van der Waals surface area contributed by atoms with E-state index in [2.05, 4.69) is 32.6 Å². The molecule has 2 aromatic rings. The Labute approximate surface area is 177 Å². The second-order valence-corrected chi connectivity index (χ2v) is 5.66. The number of benzene rings is 1. The van der Waals surface area contributed by atoms with Crippen molar-refractivity contribution in [2.24, 2.45) is 12.0 Å². The number of nitrogens with one attached hydrogen (secondary N) is 2. The first-order chi connectivity index (χ1) is 12.6. The molecule has 0 aliphatic heterocycles. The number of aliphatic imine (C=N–C) groups is 1. The van der Waals surface area contributed by atoms with E-state index in [0.29, 0.717) is 25.7 Å². The molecule has 8 nitrogen and oxygen atoms in total. The van der Waals surface area contributed by atoms with Crippen molar-refractivity contribution >= 4 is 29.9 Å². The number of nitrogens with zero attached hydrogens (tertiary/aromatic N) is 4. The van der Waals surface area contributed by atoms with E-state index in [4.69, 9.17) is 9.47 Å². The van der Waals surface area contributed by atoms with E-state index in [1.165, 1.54) is 6.33 Å². The lowest BCUT2D eigenvalue weighted by Crippen LogP contribution is -2.38. The van der Waals surface area contributed by atoms with Gasteiger partial charge in [0.25, 0.3) is 0 Å². The van der Waals surface area contributed by atoms with Gasteiger partial charge in [-0.05, 0) is 38.5 Å². The highest BCUT2D eigenvalue weighted by Crippen LogP contribution is 2.30. The van der Waals surface area contributed by atoms with Crippen molar-refractivity contribution in [1.29, 1.82) is 0 Å². The molecule has 1 aromatic heterocycles. The summed E-state index contributed by atoms with van der Waals surface area (Å²) in [4.78, 5) is 8.46. The molecule has 0 aliphatic rings. The van der Waals surface area contributed by atoms with Crippen molar-refractivity contribution in [3.8, 4) is 11.5 Å². The van der Waals surface area contributed by atoms with Crippen LogP contribution in [0.4, 0.5) is 0 Å². The van der Waals surface area contributed by atoms with Crippen LogP contribution in [-0.4, -0.2) is 41.0 Å². The molecule has 9 heteroatoms. The van der Waals surface area contributed by atoms with E-state index in [-0.39, 0.29) is 30.0 Å². The fourth-order valence-corrected chi connectivity index (χ4v) is 2.46. The third-order valence-corrected chi connectivity index (χ3v) is 3.86. The molecule has 0 aliphatic carbocycles. The lowest BCUT2D eigenvalue weighted by atomic mass is 10.1. The van der Waals surface area contributed by atoms with E-state index in [1.807, 2.05) is 39.1 Å². The maximum Gasteiger partial charge on any atom is 0.191 e. The number of hydrogen-bond acceptors (Lipinski definition) is 5. The summed E-state index contributed by atoms with van der Waals surface area (Å²) in [6.07, 6.45) is 1.53. The van der Waals surface area contributed by atoms with Crippen LogP contribution in [0, 0.1) is 0 Å². The zero-order valence-electron chi connectivity index (χ0n) is 16.5. The molecule has 2 rings (SSSR count). The van der Waals surface area contributed by atoms with Gasteiger partial charge in [-0.2, -0.15) is 5.10 Å². The SMILES string of the molecule is CCOc1ccc(C(C)NC(=NC)NCc2ncnn2C)cc1OCC.I. The fourth-order valence-electron chi connectivity index (χ4n) is 2.46. The second-order valence-electron chi connectivity index (χ2n) is 5.66. The Bertz CT molecular complexity index is 734. The van der Waals surface area contributed by atoms with Crippen molar-refractivity contribution in [2.75, 3.05) is 20.3 Å². The average molecular weight is 488 g/mol. The Balaban J connectivity index is 0.00000364. The minimum atomic E-state index is 0. The van der Waals surface area contributed by atoms with Gasteiger partial charge in [0.2, 0.25) is 0 Å². The largest absolute Gasteiger partial charge is 0.490 e. The Hall–Kier alpha value is -2.04. The summed E-state index contributed by atoms with van der Waals surface area (Å²) < 4.78 is 13.1. The molecule has 1 aromatic carbocycles. The lowest BCUT2D eigenvalue weighted by molar-refractivity contribution is 0.287. The van der Waals surface area contributed by atoms with Gasteiger partial charge in [0, 0.05) is 14.1 Å². The highest BCUT2D eigenvalue weighted by atomic mass is 127. The topological polar surface area (TPSA) is 85.6 Å². The molecular weight excluding hydrogens is 459 g/mol. The minimum Gasteiger partial charge on any atom is -0.490 e. The molecule has 0 amide bonds. The molecule has 1 atom stereocenters. The summed E-state index contributed by atoms with van der Waals surface area (Å²) in [5.41, 5.74) is 1.08. The summed E-state index contributed by atoms with van der Waals surface area (Å²) in [6, 6.07) is 6.01. The third kappa shape index (κ3) is 6.56. The molecule has 1 unspecified atom stereocenters. The van der Waals surface area contributed by atoms with Gasteiger partial charge in [0.05, 0.1) is 25.8 Å². The Morgan fingerprint density at radius 1 is 1.22 bits per heavy atom. The fraction of sp³-hybridized carbons (Fsp3) is 0.500. The van der Waals surface area contributed by atoms with Crippen LogP contribution < -0.4 is 20.1 Å². The van der Waals surface area contributed by atoms with Crippen molar-refractivity contribution in [2.45, 2.75) is 33.4 Å². The highest BCUT2D eigenvalue weighted by molar-refractivity contribution is 14.0. The maximum atomic E-state index is 5.70. The molecule has 0 saturated heterocycles. The van der Waals surface area contributed by atoms with Gasteiger partial charge in [0.15, 0.2) is 17.5 Å².